The molecule has 1 aromatic carbocycles. The lowest BCUT2D eigenvalue weighted by atomic mass is 10.1. The number of carboxylic acid groups (broad SMARTS) is 1. The van der Waals surface area contributed by atoms with Gasteiger partial charge in [-0.1, -0.05) is 29.4 Å². The predicted molar refractivity (Wildman–Crippen MR) is 69.3 cm³/mol. The minimum absolute atomic E-state index is 0.283. The van der Waals surface area contributed by atoms with E-state index in [1.54, 1.807) is 19.1 Å². The molecule has 0 aliphatic heterocycles. The minimum atomic E-state index is -0.941. The van der Waals surface area contributed by atoms with E-state index in [-0.39, 0.29) is 5.56 Å². The molecule has 1 N–H and O–H groups in total. The van der Waals surface area contributed by atoms with Gasteiger partial charge in [-0.25, -0.2) is 14.8 Å². The van der Waals surface area contributed by atoms with Crippen LogP contribution in [0.3, 0.4) is 0 Å². The smallest absolute Gasteiger partial charge is 0.335 e. The molecule has 2 aromatic rings. The molecule has 18 heavy (non-hydrogen) atoms. The van der Waals surface area contributed by atoms with E-state index < -0.39 is 5.97 Å². The van der Waals surface area contributed by atoms with Gasteiger partial charge in [0.05, 0.1) is 16.8 Å². The minimum Gasteiger partial charge on any atom is -0.478 e. The Morgan fingerprint density at radius 2 is 2.22 bits per heavy atom. The van der Waals surface area contributed by atoms with Crippen LogP contribution < -0.4 is 0 Å². The second-order valence-electron chi connectivity index (χ2n) is 3.56. The number of nitrogens with zero attached hydrogens (tertiary/aromatic N) is 2. The van der Waals surface area contributed by atoms with Crippen LogP contribution in [0.2, 0.25) is 5.02 Å². The molecule has 0 fully saturated rings. The number of aromatic carboxylic acids is 1. The molecule has 0 unspecified atom stereocenters. The van der Waals surface area contributed by atoms with Crippen molar-refractivity contribution in [2.45, 2.75) is 16.8 Å². The zero-order valence-corrected chi connectivity index (χ0v) is 11.0. The number of carboxylic acids is 1. The van der Waals surface area contributed by atoms with Crippen LogP contribution in [-0.4, -0.2) is 21.0 Å². The number of hydrogen-bond donors (Lipinski definition) is 1. The normalized spacial score (nSPS) is 10.3. The second kappa shape index (κ2) is 5.37. The summed E-state index contributed by atoms with van der Waals surface area (Å²) in [6, 6.07) is 5.21. The predicted octanol–water partition coefficient (Wildman–Crippen LogP) is 3.29. The van der Waals surface area contributed by atoms with Gasteiger partial charge >= 0.3 is 5.97 Å². The first kappa shape index (κ1) is 12.9. The highest BCUT2D eigenvalue weighted by atomic mass is 35.5. The summed E-state index contributed by atoms with van der Waals surface area (Å²) in [6.07, 6.45) is 2.91. The quantitative estimate of drug-likeness (QED) is 0.874. The molecular formula is C12H9ClN2O2S. The maximum Gasteiger partial charge on any atom is 0.335 e. The zero-order valence-electron chi connectivity index (χ0n) is 9.42. The van der Waals surface area contributed by atoms with Crippen molar-refractivity contribution in [2.24, 2.45) is 0 Å². The molecule has 0 radical (unpaired) electrons. The van der Waals surface area contributed by atoms with Crippen molar-refractivity contribution in [1.82, 2.24) is 9.97 Å². The standard InChI is InChI=1S/C12H9ClN2O2S/c1-7-2-3-8(4-9(7)12(16)17)18-11-10(13)5-14-6-15-11/h2-6H,1H3,(H,16,17). The van der Waals surface area contributed by atoms with Crippen LogP contribution in [0.4, 0.5) is 0 Å². The average Bonchev–Trinajstić information content (AvgIpc) is 2.34. The van der Waals surface area contributed by atoms with Gasteiger partial charge in [-0.15, -0.1) is 0 Å². The van der Waals surface area contributed by atoms with E-state index in [4.69, 9.17) is 16.7 Å². The molecule has 2 rings (SSSR count). The Balaban J connectivity index is 2.33. The van der Waals surface area contributed by atoms with Crippen LogP contribution >= 0.6 is 23.4 Å². The Hall–Kier alpha value is -1.59. The van der Waals surface area contributed by atoms with Gasteiger partial charge in [0.1, 0.15) is 11.4 Å². The van der Waals surface area contributed by atoms with E-state index >= 15 is 0 Å². The van der Waals surface area contributed by atoms with E-state index in [1.165, 1.54) is 24.3 Å². The van der Waals surface area contributed by atoms with Crippen LogP contribution in [-0.2, 0) is 0 Å². The van der Waals surface area contributed by atoms with Crippen molar-refractivity contribution in [3.05, 3.63) is 46.9 Å². The Bertz CT molecular complexity index is 604. The van der Waals surface area contributed by atoms with Crippen LogP contribution in [0, 0.1) is 6.92 Å². The highest BCUT2D eigenvalue weighted by molar-refractivity contribution is 7.99. The lowest BCUT2D eigenvalue weighted by molar-refractivity contribution is 0.0696. The first-order valence-corrected chi connectivity index (χ1v) is 6.24. The van der Waals surface area contributed by atoms with E-state index in [9.17, 15) is 4.79 Å². The lowest BCUT2D eigenvalue weighted by Crippen LogP contribution is -1.99. The Morgan fingerprint density at radius 3 is 2.89 bits per heavy atom. The molecule has 0 saturated heterocycles. The Morgan fingerprint density at radius 1 is 1.44 bits per heavy atom. The van der Waals surface area contributed by atoms with E-state index in [1.807, 2.05) is 6.07 Å². The maximum atomic E-state index is 11.0. The number of rotatable bonds is 3. The monoisotopic (exact) mass is 280 g/mol. The molecule has 0 spiro atoms. The Kier molecular flexibility index (Phi) is 3.84. The zero-order chi connectivity index (χ0) is 13.1. The Labute approximate surface area is 113 Å². The SMILES string of the molecule is Cc1ccc(Sc2ncncc2Cl)cc1C(=O)O. The topological polar surface area (TPSA) is 63.1 Å². The molecule has 6 heteroatoms. The number of aromatic nitrogens is 2. The number of hydrogen-bond acceptors (Lipinski definition) is 4. The summed E-state index contributed by atoms with van der Waals surface area (Å²) in [5, 5.41) is 10.1. The molecule has 1 heterocycles. The van der Waals surface area contributed by atoms with E-state index in [0.717, 1.165) is 10.5 Å². The largest absolute Gasteiger partial charge is 0.478 e. The van der Waals surface area contributed by atoms with E-state index in [2.05, 4.69) is 9.97 Å². The molecule has 0 atom stereocenters. The van der Waals surface area contributed by atoms with Crippen LogP contribution in [0.15, 0.2) is 40.6 Å². The molecule has 0 aliphatic rings. The molecular weight excluding hydrogens is 272 g/mol. The van der Waals surface area contributed by atoms with Gasteiger partial charge in [-0.05, 0) is 24.6 Å². The summed E-state index contributed by atoms with van der Waals surface area (Å²) in [6.45, 7) is 1.76. The molecule has 4 nitrogen and oxygen atoms in total. The third kappa shape index (κ3) is 2.80. The first-order chi connectivity index (χ1) is 8.58. The summed E-state index contributed by atoms with van der Waals surface area (Å²) in [4.78, 5) is 19.6. The van der Waals surface area contributed by atoms with Gasteiger partial charge in [0.15, 0.2) is 0 Å². The van der Waals surface area contributed by atoms with Gasteiger partial charge in [0.25, 0.3) is 0 Å². The van der Waals surface area contributed by atoms with Crippen molar-refractivity contribution in [1.29, 1.82) is 0 Å². The van der Waals surface area contributed by atoms with Crippen molar-refractivity contribution in [3.8, 4) is 0 Å². The third-order valence-electron chi connectivity index (χ3n) is 2.29. The van der Waals surface area contributed by atoms with E-state index in [0.29, 0.717) is 10.0 Å². The fraction of sp³-hybridized carbons (Fsp3) is 0.0833. The maximum absolute atomic E-state index is 11.0. The van der Waals surface area contributed by atoms with Crippen LogP contribution in [0.1, 0.15) is 15.9 Å². The summed E-state index contributed by atoms with van der Waals surface area (Å²) in [7, 11) is 0. The van der Waals surface area contributed by atoms with Gasteiger partial charge in [0, 0.05) is 4.90 Å². The summed E-state index contributed by atoms with van der Waals surface area (Å²) in [5.74, 6) is -0.941. The second-order valence-corrected chi connectivity index (χ2v) is 5.03. The van der Waals surface area contributed by atoms with Crippen molar-refractivity contribution in [3.63, 3.8) is 0 Å². The number of aryl methyl sites for hydroxylation is 1. The van der Waals surface area contributed by atoms with Crippen LogP contribution in [0.25, 0.3) is 0 Å². The fourth-order valence-electron chi connectivity index (χ4n) is 1.38. The molecule has 0 amide bonds. The highest BCUT2D eigenvalue weighted by Gasteiger charge is 2.10. The summed E-state index contributed by atoms with van der Waals surface area (Å²) < 4.78 is 0. The summed E-state index contributed by atoms with van der Waals surface area (Å²) in [5.41, 5.74) is 1.01. The van der Waals surface area contributed by atoms with Crippen molar-refractivity contribution < 1.29 is 9.90 Å². The molecule has 0 aliphatic carbocycles. The fourth-order valence-corrected chi connectivity index (χ4v) is 2.39. The van der Waals surface area contributed by atoms with Crippen molar-refractivity contribution in [2.75, 3.05) is 0 Å². The molecule has 92 valence electrons. The number of halogens is 1. The molecule has 0 bridgehead atoms. The van der Waals surface area contributed by atoms with Crippen molar-refractivity contribution >= 4 is 29.3 Å². The number of benzene rings is 1. The van der Waals surface area contributed by atoms with Gasteiger partial charge < -0.3 is 5.11 Å². The number of carbonyl (C=O) groups is 1. The van der Waals surface area contributed by atoms with Gasteiger partial charge in [0.2, 0.25) is 0 Å². The van der Waals surface area contributed by atoms with Crippen LogP contribution in [0.5, 0.6) is 0 Å². The average molecular weight is 281 g/mol. The summed E-state index contributed by atoms with van der Waals surface area (Å²) >= 11 is 7.25. The van der Waals surface area contributed by atoms with Gasteiger partial charge in [-0.3, -0.25) is 0 Å². The van der Waals surface area contributed by atoms with Gasteiger partial charge in [-0.2, -0.15) is 0 Å². The third-order valence-corrected chi connectivity index (χ3v) is 3.68. The molecule has 0 saturated carbocycles. The molecule has 1 aromatic heterocycles. The lowest BCUT2D eigenvalue weighted by Gasteiger charge is -2.05. The first-order valence-electron chi connectivity index (χ1n) is 5.05. The highest BCUT2D eigenvalue weighted by Crippen LogP contribution is 2.31.